The molecule has 0 bridgehead atoms. The number of nitrogens with one attached hydrogen (secondary N) is 3. The number of carbonyl (C=O) groups is 2. The molecule has 3 N–H and O–H groups in total. The van der Waals surface area contributed by atoms with Gasteiger partial charge >= 0.3 is 0 Å². The van der Waals surface area contributed by atoms with Crippen molar-refractivity contribution in [2.24, 2.45) is 0 Å². The summed E-state index contributed by atoms with van der Waals surface area (Å²) in [5, 5.41) is 8.69. The van der Waals surface area contributed by atoms with Crippen molar-refractivity contribution in [1.29, 1.82) is 0 Å². The van der Waals surface area contributed by atoms with E-state index in [-0.39, 0.29) is 11.8 Å². The third-order valence-corrected chi connectivity index (χ3v) is 7.91. The normalized spacial score (nSPS) is 14.0. The lowest BCUT2D eigenvalue weighted by Crippen LogP contribution is -2.35. The highest BCUT2D eigenvalue weighted by Gasteiger charge is 2.29. The molecule has 4 rings (SSSR count). The van der Waals surface area contributed by atoms with Crippen LogP contribution in [0.25, 0.3) is 11.3 Å². The minimum atomic E-state index is -3.50. The number of nitrogens with zero attached hydrogens (tertiary/aromatic N) is 2. The second-order valence-corrected chi connectivity index (χ2v) is 12.0. The third kappa shape index (κ3) is 7.30. The van der Waals surface area contributed by atoms with Gasteiger partial charge in [-0.15, -0.1) is 0 Å². The Bertz CT molecular complexity index is 1570. The lowest BCUT2D eigenvalue weighted by molar-refractivity contribution is -0.120. The maximum Gasteiger partial charge on any atom is 0.258 e. The smallest absolute Gasteiger partial charge is 0.258 e. The maximum atomic E-state index is 13.9. The van der Waals surface area contributed by atoms with Gasteiger partial charge in [0, 0.05) is 37.8 Å². The molecule has 0 aliphatic carbocycles. The Morgan fingerprint density at radius 2 is 1.66 bits per heavy atom. The van der Waals surface area contributed by atoms with Crippen molar-refractivity contribution < 1.29 is 22.4 Å². The molecule has 1 aliphatic heterocycles. The minimum absolute atomic E-state index is 0.0513. The van der Waals surface area contributed by atoms with Crippen LogP contribution < -0.4 is 20.3 Å². The number of hydrogen-bond acceptors (Lipinski definition) is 6. The summed E-state index contributed by atoms with van der Waals surface area (Å²) in [6.07, 6.45) is 2.09. The highest BCUT2D eigenvalue weighted by molar-refractivity contribution is 7.92. The van der Waals surface area contributed by atoms with Crippen LogP contribution in [0.1, 0.15) is 23.1 Å². The summed E-state index contributed by atoms with van der Waals surface area (Å²) < 4.78 is 40.2. The van der Waals surface area contributed by atoms with Crippen molar-refractivity contribution in [1.82, 2.24) is 10.2 Å². The molecule has 9 nitrogen and oxygen atoms in total. The van der Waals surface area contributed by atoms with Crippen molar-refractivity contribution >= 4 is 50.2 Å². The number of carbonyl (C=O) groups excluding carboxylic acids is 2. The molecule has 0 unspecified atom stereocenters. The first kappa shape index (κ1) is 29.8. The van der Waals surface area contributed by atoms with Crippen LogP contribution in [-0.4, -0.2) is 65.6 Å². The minimum Gasteiger partial charge on any atom is -0.359 e. The van der Waals surface area contributed by atoms with Crippen LogP contribution in [0.15, 0.2) is 66.7 Å². The van der Waals surface area contributed by atoms with Gasteiger partial charge in [0.15, 0.2) is 0 Å². The maximum absolute atomic E-state index is 13.9. The molecule has 216 valence electrons. The van der Waals surface area contributed by atoms with Gasteiger partial charge in [-0.3, -0.25) is 13.9 Å². The van der Waals surface area contributed by atoms with Gasteiger partial charge in [0.05, 0.1) is 28.9 Å². The highest BCUT2D eigenvalue weighted by Crippen LogP contribution is 2.38. The van der Waals surface area contributed by atoms with Crippen molar-refractivity contribution in [3.05, 3.63) is 89.2 Å². The molecular formula is C30H34FN5O4S. The zero-order valence-electron chi connectivity index (χ0n) is 23.5. The molecule has 1 aliphatic rings. The number of amides is 2. The topological polar surface area (TPSA) is 111 Å². The molecular weight excluding hydrogens is 545 g/mol. The van der Waals surface area contributed by atoms with Crippen molar-refractivity contribution in [3.8, 4) is 0 Å². The number of likely N-dealkylation sites (N-methyl/N-ethyl adjacent to an activating group) is 1. The Hall–Kier alpha value is -4.22. The summed E-state index contributed by atoms with van der Waals surface area (Å²) in [6, 6.07) is 18.6. The number of halogens is 1. The van der Waals surface area contributed by atoms with E-state index in [4.69, 9.17) is 0 Å². The molecule has 0 radical (unpaired) electrons. The molecule has 0 aromatic heterocycles. The Kier molecular flexibility index (Phi) is 9.09. The summed E-state index contributed by atoms with van der Waals surface area (Å²) in [7, 11) is 1.86. The summed E-state index contributed by atoms with van der Waals surface area (Å²) in [6.45, 7) is 0.852. The SMILES string of the molecule is CNC(=O)CCc1ccc(C(Nc2ccc(N(CCN(C)C)S(C)(=O)=O)cc2)=C2C(=O)Nc3cc(F)ccc32)cc1. The number of benzene rings is 3. The van der Waals surface area contributed by atoms with Crippen LogP contribution >= 0.6 is 0 Å². The van der Waals surface area contributed by atoms with E-state index in [0.717, 1.165) is 5.56 Å². The number of sulfonamides is 1. The molecule has 3 aromatic carbocycles. The highest BCUT2D eigenvalue weighted by atomic mass is 32.2. The fourth-order valence-electron chi connectivity index (χ4n) is 4.53. The Morgan fingerprint density at radius 3 is 2.27 bits per heavy atom. The van der Waals surface area contributed by atoms with E-state index in [1.807, 2.05) is 43.3 Å². The van der Waals surface area contributed by atoms with Crippen LogP contribution in [0.4, 0.5) is 21.5 Å². The van der Waals surface area contributed by atoms with Crippen LogP contribution in [0.2, 0.25) is 0 Å². The zero-order chi connectivity index (χ0) is 29.7. The van der Waals surface area contributed by atoms with E-state index >= 15 is 0 Å². The molecule has 2 amide bonds. The van der Waals surface area contributed by atoms with Gasteiger partial charge < -0.3 is 20.9 Å². The standard InChI is InChI=1S/C30H34FN5O4S/c1-32-27(37)16-7-20-5-8-21(9-6-20)29(28-25-15-10-22(31)19-26(25)34-30(28)38)33-23-11-13-24(14-12-23)36(41(4,39)40)18-17-35(2)3/h5-6,8-15,19,33H,7,16-18H2,1-4H3,(H,32,37)(H,34,38). The van der Waals surface area contributed by atoms with E-state index in [1.54, 1.807) is 37.4 Å². The predicted octanol–water partition coefficient (Wildman–Crippen LogP) is 3.76. The monoisotopic (exact) mass is 579 g/mol. The Labute approximate surface area is 240 Å². The number of rotatable bonds is 11. The number of aryl methyl sites for hydroxylation is 1. The second-order valence-electron chi connectivity index (χ2n) is 10.1. The lowest BCUT2D eigenvalue weighted by atomic mass is 9.98. The third-order valence-electron chi connectivity index (χ3n) is 6.71. The van der Waals surface area contributed by atoms with Gasteiger partial charge in [-0.05, 0) is 74.1 Å². The number of anilines is 3. The largest absolute Gasteiger partial charge is 0.359 e. The first-order valence-electron chi connectivity index (χ1n) is 13.1. The lowest BCUT2D eigenvalue weighted by Gasteiger charge is -2.24. The van der Waals surface area contributed by atoms with Gasteiger partial charge in [0.2, 0.25) is 15.9 Å². The summed E-state index contributed by atoms with van der Waals surface area (Å²) in [5.41, 5.74) is 4.62. The average molecular weight is 580 g/mol. The second kappa shape index (κ2) is 12.5. The van der Waals surface area contributed by atoms with Crippen molar-refractivity contribution in [2.45, 2.75) is 12.8 Å². The molecule has 0 fully saturated rings. The van der Waals surface area contributed by atoms with Gasteiger partial charge in [-0.1, -0.05) is 24.3 Å². The van der Waals surface area contributed by atoms with Gasteiger partial charge in [0.25, 0.3) is 5.91 Å². The molecule has 0 saturated heterocycles. The molecule has 0 spiro atoms. The Morgan fingerprint density at radius 1 is 0.976 bits per heavy atom. The van der Waals surface area contributed by atoms with E-state index in [9.17, 15) is 22.4 Å². The zero-order valence-corrected chi connectivity index (χ0v) is 24.3. The summed E-state index contributed by atoms with van der Waals surface area (Å²) >= 11 is 0. The first-order chi connectivity index (χ1) is 19.5. The molecule has 0 saturated carbocycles. The van der Waals surface area contributed by atoms with E-state index in [1.165, 1.54) is 22.7 Å². The van der Waals surface area contributed by atoms with Crippen molar-refractivity contribution in [2.75, 3.05) is 55.4 Å². The van der Waals surface area contributed by atoms with Gasteiger partial charge in [-0.2, -0.15) is 0 Å². The van der Waals surface area contributed by atoms with Crippen LogP contribution in [0.3, 0.4) is 0 Å². The summed E-state index contributed by atoms with van der Waals surface area (Å²) in [5.74, 6) is -0.884. The molecule has 1 heterocycles. The average Bonchev–Trinajstić information content (AvgIpc) is 3.25. The van der Waals surface area contributed by atoms with Crippen LogP contribution in [0, 0.1) is 5.82 Å². The number of fused-ring (bicyclic) bond motifs is 1. The quantitative estimate of drug-likeness (QED) is 0.299. The Balaban J connectivity index is 1.71. The predicted molar refractivity (Wildman–Crippen MR) is 161 cm³/mol. The molecule has 0 atom stereocenters. The first-order valence-corrected chi connectivity index (χ1v) is 15.0. The van der Waals surface area contributed by atoms with Gasteiger partial charge in [0.1, 0.15) is 5.82 Å². The van der Waals surface area contributed by atoms with E-state index in [2.05, 4.69) is 16.0 Å². The fraction of sp³-hybridized carbons (Fsp3) is 0.267. The van der Waals surface area contributed by atoms with Crippen LogP contribution in [0.5, 0.6) is 0 Å². The van der Waals surface area contributed by atoms with Gasteiger partial charge in [-0.25, -0.2) is 12.8 Å². The fourth-order valence-corrected chi connectivity index (χ4v) is 5.44. The van der Waals surface area contributed by atoms with Crippen molar-refractivity contribution in [3.63, 3.8) is 0 Å². The molecule has 3 aromatic rings. The van der Waals surface area contributed by atoms with Crippen LogP contribution in [-0.2, 0) is 26.0 Å². The molecule has 11 heteroatoms. The summed E-state index contributed by atoms with van der Waals surface area (Å²) in [4.78, 5) is 26.7. The number of hydrogen-bond donors (Lipinski definition) is 3. The van der Waals surface area contributed by atoms with E-state index in [0.29, 0.717) is 65.4 Å². The van der Waals surface area contributed by atoms with E-state index < -0.39 is 15.8 Å². The molecule has 41 heavy (non-hydrogen) atoms.